The lowest BCUT2D eigenvalue weighted by Gasteiger charge is -2.03. The molecule has 3 aromatic rings. The molecule has 0 aliphatic carbocycles. The van der Waals surface area contributed by atoms with Gasteiger partial charge in [0.05, 0.1) is 29.3 Å². The lowest BCUT2D eigenvalue weighted by molar-refractivity contribution is 0.0601. The minimum Gasteiger partial charge on any atom is -0.465 e. The Morgan fingerprint density at radius 1 is 1.11 bits per heavy atom. The van der Waals surface area contributed by atoms with E-state index in [0.717, 1.165) is 6.26 Å². The van der Waals surface area contributed by atoms with Crippen molar-refractivity contribution in [3.63, 3.8) is 0 Å². The SMILES string of the molecule is COC(=O)c1cn(-c2ccc(C#N)cc2)nc1-c1ccc(S(C)(=O)=O)cc1. The summed E-state index contributed by atoms with van der Waals surface area (Å²) in [5.74, 6) is -0.558. The Labute approximate surface area is 156 Å². The zero-order valence-electron chi connectivity index (χ0n) is 14.6. The summed E-state index contributed by atoms with van der Waals surface area (Å²) in [5.41, 5.74) is 2.37. The highest BCUT2D eigenvalue weighted by Crippen LogP contribution is 2.26. The molecule has 0 bridgehead atoms. The Kier molecular flexibility index (Phi) is 4.79. The molecule has 8 heteroatoms. The number of aromatic nitrogens is 2. The molecule has 7 nitrogen and oxygen atoms in total. The van der Waals surface area contributed by atoms with Crippen LogP contribution in [-0.4, -0.2) is 37.5 Å². The minimum atomic E-state index is -3.32. The van der Waals surface area contributed by atoms with Crippen molar-refractivity contribution in [1.82, 2.24) is 9.78 Å². The molecule has 0 saturated carbocycles. The van der Waals surface area contributed by atoms with Crippen LogP contribution in [0.2, 0.25) is 0 Å². The Balaban J connectivity index is 2.09. The first-order chi connectivity index (χ1) is 12.8. The van der Waals surface area contributed by atoms with Gasteiger partial charge < -0.3 is 4.74 Å². The molecule has 2 aromatic carbocycles. The summed E-state index contributed by atoms with van der Waals surface area (Å²) in [6, 6.07) is 14.9. The maximum absolute atomic E-state index is 12.2. The smallest absolute Gasteiger partial charge is 0.341 e. The van der Waals surface area contributed by atoms with E-state index >= 15 is 0 Å². The number of nitrogens with zero attached hydrogens (tertiary/aromatic N) is 3. The van der Waals surface area contributed by atoms with Gasteiger partial charge in [0.15, 0.2) is 9.84 Å². The number of rotatable bonds is 4. The number of methoxy groups -OCH3 is 1. The fourth-order valence-corrected chi connectivity index (χ4v) is 3.16. The van der Waals surface area contributed by atoms with Crippen LogP contribution in [0.1, 0.15) is 15.9 Å². The van der Waals surface area contributed by atoms with Gasteiger partial charge in [-0.2, -0.15) is 10.4 Å². The highest BCUT2D eigenvalue weighted by molar-refractivity contribution is 7.90. The molecule has 0 radical (unpaired) electrons. The Bertz CT molecular complexity index is 1140. The van der Waals surface area contributed by atoms with E-state index in [-0.39, 0.29) is 10.5 Å². The van der Waals surface area contributed by atoms with Crippen LogP contribution >= 0.6 is 0 Å². The first kappa shape index (κ1) is 18.4. The van der Waals surface area contributed by atoms with Crippen LogP contribution in [0.3, 0.4) is 0 Å². The van der Waals surface area contributed by atoms with E-state index in [1.165, 1.54) is 30.1 Å². The monoisotopic (exact) mass is 381 g/mol. The van der Waals surface area contributed by atoms with Crippen molar-refractivity contribution in [3.8, 4) is 23.0 Å². The normalized spacial score (nSPS) is 11.0. The molecule has 136 valence electrons. The highest BCUT2D eigenvalue weighted by Gasteiger charge is 2.19. The molecule has 0 atom stereocenters. The molecule has 27 heavy (non-hydrogen) atoms. The van der Waals surface area contributed by atoms with Gasteiger partial charge in [-0.15, -0.1) is 0 Å². The third-order valence-electron chi connectivity index (χ3n) is 3.94. The van der Waals surface area contributed by atoms with Crippen molar-refractivity contribution in [1.29, 1.82) is 5.26 Å². The first-order valence-corrected chi connectivity index (χ1v) is 9.71. The number of ether oxygens (including phenoxy) is 1. The predicted molar refractivity (Wildman–Crippen MR) is 98.2 cm³/mol. The van der Waals surface area contributed by atoms with Crippen LogP contribution in [-0.2, 0) is 14.6 Å². The second-order valence-corrected chi connectivity index (χ2v) is 7.80. The maximum Gasteiger partial charge on any atom is 0.341 e. The van der Waals surface area contributed by atoms with Gasteiger partial charge in [0, 0.05) is 18.0 Å². The van der Waals surface area contributed by atoms with Gasteiger partial charge in [0.2, 0.25) is 0 Å². The second kappa shape index (κ2) is 7.05. The fourth-order valence-electron chi connectivity index (χ4n) is 2.53. The van der Waals surface area contributed by atoms with E-state index in [1.54, 1.807) is 36.4 Å². The third-order valence-corrected chi connectivity index (χ3v) is 5.06. The Morgan fingerprint density at radius 2 is 1.74 bits per heavy atom. The van der Waals surface area contributed by atoms with Crippen molar-refractivity contribution in [2.24, 2.45) is 0 Å². The number of sulfone groups is 1. The van der Waals surface area contributed by atoms with Crippen molar-refractivity contribution in [2.75, 3.05) is 13.4 Å². The van der Waals surface area contributed by atoms with Gasteiger partial charge in [0.1, 0.15) is 11.3 Å². The molecular formula is C19H15N3O4S. The molecule has 0 amide bonds. The summed E-state index contributed by atoms with van der Waals surface area (Å²) in [6.45, 7) is 0. The van der Waals surface area contributed by atoms with Crippen molar-refractivity contribution in [2.45, 2.75) is 4.90 Å². The van der Waals surface area contributed by atoms with Crippen LogP contribution in [0.5, 0.6) is 0 Å². The number of nitriles is 1. The van der Waals surface area contributed by atoms with Crippen LogP contribution in [0, 0.1) is 11.3 Å². The summed E-state index contributed by atoms with van der Waals surface area (Å²) >= 11 is 0. The van der Waals surface area contributed by atoms with Crippen molar-refractivity contribution >= 4 is 15.8 Å². The molecule has 1 heterocycles. The van der Waals surface area contributed by atoms with Gasteiger partial charge in [-0.05, 0) is 36.4 Å². The van der Waals surface area contributed by atoms with Gasteiger partial charge in [-0.25, -0.2) is 17.9 Å². The van der Waals surface area contributed by atoms with Crippen LogP contribution in [0.15, 0.2) is 59.6 Å². The average Bonchev–Trinajstić information content (AvgIpc) is 3.12. The van der Waals surface area contributed by atoms with Crippen molar-refractivity contribution < 1.29 is 17.9 Å². The third kappa shape index (κ3) is 3.73. The van der Waals surface area contributed by atoms with Gasteiger partial charge in [-0.1, -0.05) is 12.1 Å². The number of hydrogen-bond acceptors (Lipinski definition) is 6. The van der Waals surface area contributed by atoms with Crippen LogP contribution < -0.4 is 0 Å². The van der Waals surface area contributed by atoms with Gasteiger partial charge in [-0.3, -0.25) is 0 Å². The Hall–Kier alpha value is -3.44. The van der Waals surface area contributed by atoms with Gasteiger partial charge in [0.25, 0.3) is 0 Å². The topological polar surface area (TPSA) is 102 Å². The first-order valence-electron chi connectivity index (χ1n) is 7.82. The number of benzene rings is 2. The molecule has 0 fully saturated rings. The molecular weight excluding hydrogens is 366 g/mol. The lowest BCUT2D eigenvalue weighted by atomic mass is 10.1. The molecule has 0 aliphatic heterocycles. The number of esters is 1. The van der Waals surface area contributed by atoms with E-state index in [9.17, 15) is 13.2 Å². The van der Waals surface area contributed by atoms with Crippen LogP contribution in [0.25, 0.3) is 16.9 Å². The summed E-state index contributed by atoms with van der Waals surface area (Å²) in [6.07, 6.45) is 2.66. The van der Waals surface area contributed by atoms with E-state index < -0.39 is 15.8 Å². The summed E-state index contributed by atoms with van der Waals surface area (Å²) in [7, 11) is -2.05. The molecule has 1 aromatic heterocycles. The quantitative estimate of drug-likeness (QED) is 0.644. The van der Waals surface area contributed by atoms with E-state index in [1.807, 2.05) is 6.07 Å². The average molecular weight is 381 g/mol. The molecule has 3 rings (SSSR count). The molecule has 0 saturated heterocycles. The number of carbonyl (C=O) groups excluding carboxylic acids is 1. The van der Waals surface area contributed by atoms with E-state index in [2.05, 4.69) is 5.10 Å². The molecule has 0 aliphatic rings. The highest BCUT2D eigenvalue weighted by atomic mass is 32.2. The fraction of sp³-hybridized carbons (Fsp3) is 0.105. The largest absolute Gasteiger partial charge is 0.465 e. The standard InChI is InChI=1S/C19H15N3O4S/c1-26-19(23)17-12-22(15-7-3-13(11-20)4-8-15)21-18(17)14-5-9-16(10-6-14)27(2,24)25/h3-10,12H,1-2H3. The summed E-state index contributed by atoms with van der Waals surface area (Å²) in [4.78, 5) is 12.3. The second-order valence-electron chi connectivity index (χ2n) is 5.78. The Morgan fingerprint density at radius 3 is 2.26 bits per heavy atom. The molecule has 0 N–H and O–H groups in total. The lowest BCUT2D eigenvalue weighted by Crippen LogP contribution is -2.02. The number of hydrogen-bond donors (Lipinski definition) is 0. The summed E-state index contributed by atoms with van der Waals surface area (Å²) in [5, 5.41) is 13.4. The predicted octanol–water partition coefficient (Wildman–Crippen LogP) is 2.60. The summed E-state index contributed by atoms with van der Waals surface area (Å²) < 4.78 is 29.6. The van der Waals surface area contributed by atoms with Crippen molar-refractivity contribution in [3.05, 3.63) is 65.9 Å². The van der Waals surface area contributed by atoms with E-state index in [0.29, 0.717) is 22.5 Å². The maximum atomic E-state index is 12.2. The zero-order chi connectivity index (χ0) is 19.6. The van der Waals surface area contributed by atoms with Crippen LogP contribution in [0.4, 0.5) is 0 Å². The number of carbonyl (C=O) groups is 1. The minimum absolute atomic E-state index is 0.178. The zero-order valence-corrected chi connectivity index (χ0v) is 15.4. The van der Waals surface area contributed by atoms with Gasteiger partial charge >= 0.3 is 5.97 Å². The molecule has 0 spiro atoms. The van der Waals surface area contributed by atoms with E-state index in [4.69, 9.17) is 10.00 Å². The molecule has 0 unspecified atom stereocenters.